The summed E-state index contributed by atoms with van der Waals surface area (Å²) in [5.74, 6) is -1.09. The molecule has 0 aliphatic heterocycles. The van der Waals surface area contributed by atoms with E-state index >= 15 is 0 Å². The van der Waals surface area contributed by atoms with E-state index in [1.807, 2.05) is 0 Å². The number of rotatable bonds is 2. The van der Waals surface area contributed by atoms with Crippen molar-refractivity contribution < 1.29 is 13.2 Å². The van der Waals surface area contributed by atoms with Gasteiger partial charge in [0.25, 0.3) is 0 Å². The monoisotopic (exact) mass is 207 g/mol. The van der Waals surface area contributed by atoms with E-state index in [9.17, 15) is 13.2 Å². The van der Waals surface area contributed by atoms with Crippen LogP contribution in [0.15, 0.2) is 0 Å². The minimum absolute atomic E-state index is 0.228. The summed E-state index contributed by atoms with van der Waals surface area (Å²) >= 11 is 0. The molecular weight excluding hydrogens is 195 g/mol. The van der Waals surface area contributed by atoms with Crippen LogP contribution in [0.25, 0.3) is 0 Å². The van der Waals surface area contributed by atoms with Crippen LogP contribution >= 0.6 is 0 Å². The summed E-state index contributed by atoms with van der Waals surface area (Å²) in [6.07, 6.45) is -2.69. The summed E-state index contributed by atoms with van der Waals surface area (Å²) in [6, 6.07) is 0. The van der Waals surface area contributed by atoms with Crippen molar-refractivity contribution in [3.8, 4) is 0 Å². The fourth-order valence-corrected chi connectivity index (χ4v) is 1.03. The van der Waals surface area contributed by atoms with Crippen LogP contribution in [-0.2, 0) is 12.5 Å². The van der Waals surface area contributed by atoms with Gasteiger partial charge in [-0.2, -0.15) is 5.10 Å². The first-order valence-corrected chi connectivity index (χ1v) is 4.05. The Labute approximate surface area is 79.7 Å². The summed E-state index contributed by atoms with van der Waals surface area (Å²) in [5, 5.41) is 3.64. The molecule has 6 heteroatoms. The van der Waals surface area contributed by atoms with Crippen molar-refractivity contribution in [2.75, 3.05) is 5.73 Å². The Bertz CT molecular complexity index is 344. The van der Waals surface area contributed by atoms with Crippen LogP contribution in [0.3, 0.4) is 0 Å². The Balaban J connectivity index is 3.26. The van der Waals surface area contributed by atoms with E-state index < -0.39 is 17.7 Å². The third-order valence-electron chi connectivity index (χ3n) is 2.19. The lowest BCUT2D eigenvalue weighted by atomic mass is 9.90. The molecule has 0 amide bonds. The Morgan fingerprint density at radius 1 is 1.43 bits per heavy atom. The van der Waals surface area contributed by atoms with Crippen molar-refractivity contribution in [3.05, 3.63) is 11.5 Å². The normalized spacial score (nSPS) is 12.5. The average molecular weight is 207 g/mol. The summed E-state index contributed by atoms with van der Waals surface area (Å²) < 4.78 is 39.5. The van der Waals surface area contributed by atoms with Gasteiger partial charge in [0.2, 0.25) is 6.43 Å². The maximum absolute atomic E-state index is 13.3. The Morgan fingerprint density at radius 3 is 2.21 bits per heavy atom. The molecule has 0 aliphatic rings. The van der Waals surface area contributed by atoms with E-state index in [1.54, 1.807) is 0 Å². The summed E-state index contributed by atoms with van der Waals surface area (Å²) in [4.78, 5) is 0. The second-order valence-electron chi connectivity index (χ2n) is 3.69. The van der Waals surface area contributed by atoms with Gasteiger partial charge >= 0.3 is 0 Å². The van der Waals surface area contributed by atoms with E-state index in [1.165, 1.54) is 20.9 Å². The molecule has 14 heavy (non-hydrogen) atoms. The van der Waals surface area contributed by atoms with E-state index in [4.69, 9.17) is 5.73 Å². The quantitative estimate of drug-likeness (QED) is 0.801. The Morgan fingerprint density at radius 2 is 1.93 bits per heavy atom. The van der Waals surface area contributed by atoms with Gasteiger partial charge in [0, 0.05) is 7.05 Å². The topological polar surface area (TPSA) is 43.8 Å². The molecule has 0 radical (unpaired) electrons. The number of nitrogen functional groups attached to an aromatic ring is 1. The predicted molar refractivity (Wildman–Crippen MR) is 46.6 cm³/mol. The highest BCUT2D eigenvalue weighted by Gasteiger charge is 2.38. The molecule has 0 aliphatic carbocycles. The lowest BCUT2D eigenvalue weighted by Crippen LogP contribution is -2.28. The number of halogens is 3. The molecule has 0 fully saturated rings. The van der Waals surface area contributed by atoms with Crippen LogP contribution in [0, 0.1) is 5.82 Å². The third-order valence-corrected chi connectivity index (χ3v) is 2.19. The summed E-state index contributed by atoms with van der Waals surface area (Å²) in [6.45, 7) is 2.45. The first-order chi connectivity index (χ1) is 6.28. The fourth-order valence-electron chi connectivity index (χ4n) is 1.03. The van der Waals surface area contributed by atoms with Gasteiger partial charge in [-0.3, -0.25) is 4.68 Å². The molecule has 0 unspecified atom stereocenters. The van der Waals surface area contributed by atoms with E-state index in [-0.39, 0.29) is 11.5 Å². The molecule has 2 N–H and O–H groups in total. The van der Waals surface area contributed by atoms with Gasteiger partial charge in [0.05, 0.1) is 5.41 Å². The molecule has 3 nitrogen and oxygen atoms in total. The molecule has 0 saturated carbocycles. The summed E-state index contributed by atoms with van der Waals surface area (Å²) in [7, 11) is 1.41. The fraction of sp³-hybridized carbons (Fsp3) is 0.625. The highest BCUT2D eigenvalue weighted by Crippen LogP contribution is 2.32. The third kappa shape index (κ3) is 1.44. The lowest BCUT2D eigenvalue weighted by Gasteiger charge is -2.20. The molecule has 0 spiro atoms. The van der Waals surface area contributed by atoms with Crippen molar-refractivity contribution >= 4 is 5.82 Å². The van der Waals surface area contributed by atoms with E-state index in [0.717, 1.165) is 4.68 Å². The molecule has 0 saturated heterocycles. The zero-order chi connectivity index (χ0) is 11.1. The number of nitrogens with zero attached hydrogens (tertiary/aromatic N) is 2. The Kier molecular flexibility index (Phi) is 2.47. The standard InChI is InChI=1S/C8H12F3N3/c1-8(2,7(10)11)5-4(9)6(12)14(3)13-5/h7H,12H2,1-3H3. The van der Waals surface area contributed by atoms with Gasteiger partial charge in [-0.15, -0.1) is 0 Å². The number of aromatic nitrogens is 2. The van der Waals surface area contributed by atoms with Gasteiger partial charge in [-0.25, -0.2) is 13.2 Å². The molecule has 1 aromatic heterocycles. The van der Waals surface area contributed by atoms with Gasteiger partial charge in [0.15, 0.2) is 11.6 Å². The van der Waals surface area contributed by atoms with Crippen LogP contribution in [0.2, 0.25) is 0 Å². The zero-order valence-corrected chi connectivity index (χ0v) is 8.18. The van der Waals surface area contributed by atoms with Gasteiger partial charge in [-0.1, -0.05) is 0 Å². The number of aryl methyl sites for hydroxylation is 1. The first kappa shape index (κ1) is 10.9. The molecule has 1 heterocycles. The van der Waals surface area contributed by atoms with Crippen LogP contribution in [0.4, 0.5) is 19.0 Å². The van der Waals surface area contributed by atoms with Gasteiger partial charge in [0.1, 0.15) is 5.69 Å². The highest BCUT2D eigenvalue weighted by atomic mass is 19.3. The van der Waals surface area contributed by atoms with Crippen LogP contribution in [-0.4, -0.2) is 16.2 Å². The number of nitrogens with two attached hydrogens (primary N) is 1. The van der Waals surface area contributed by atoms with Crippen LogP contribution in [0.5, 0.6) is 0 Å². The minimum atomic E-state index is -2.69. The number of alkyl halides is 2. The SMILES string of the molecule is Cn1nc(C(C)(C)C(F)F)c(F)c1N. The summed E-state index contributed by atoms with van der Waals surface area (Å²) in [5.41, 5.74) is 3.36. The van der Waals surface area contributed by atoms with Gasteiger partial charge in [-0.05, 0) is 13.8 Å². The predicted octanol–water partition coefficient (Wildman–Crippen LogP) is 1.68. The van der Waals surface area contributed by atoms with Crippen molar-refractivity contribution in [3.63, 3.8) is 0 Å². The van der Waals surface area contributed by atoms with Crippen molar-refractivity contribution in [1.29, 1.82) is 0 Å². The van der Waals surface area contributed by atoms with Gasteiger partial charge < -0.3 is 5.73 Å². The van der Waals surface area contributed by atoms with Crippen molar-refractivity contribution in [2.24, 2.45) is 7.05 Å². The van der Waals surface area contributed by atoms with Crippen molar-refractivity contribution in [1.82, 2.24) is 9.78 Å². The Hall–Kier alpha value is -1.20. The molecular formula is C8H12F3N3. The van der Waals surface area contributed by atoms with Crippen LogP contribution < -0.4 is 5.73 Å². The number of hydrogen-bond acceptors (Lipinski definition) is 2. The molecule has 0 bridgehead atoms. The molecule has 1 rings (SSSR count). The van der Waals surface area contributed by atoms with E-state index in [2.05, 4.69) is 5.10 Å². The first-order valence-electron chi connectivity index (χ1n) is 4.05. The second-order valence-corrected chi connectivity index (χ2v) is 3.69. The molecule has 1 aromatic rings. The second kappa shape index (κ2) is 3.18. The number of hydrogen-bond donors (Lipinski definition) is 1. The highest BCUT2D eigenvalue weighted by molar-refractivity contribution is 5.36. The zero-order valence-electron chi connectivity index (χ0n) is 8.18. The van der Waals surface area contributed by atoms with Crippen LogP contribution in [0.1, 0.15) is 19.5 Å². The van der Waals surface area contributed by atoms with Crippen molar-refractivity contribution in [2.45, 2.75) is 25.7 Å². The smallest absolute Gasteiger partial charge is 0.249 e. The maximum Gasteiger partial charge on any atom is 0.249 e. The minimum Gasteiger partial charge on any atom is -0.381 e. The largest absolute Gasteiger partial charge is 0.381 e. The van der Waals surface area contributed by atoms with E-state index in [0.29, 0.717) is 0 Å². The molecule has 0 atom stereocenters. The average Bonchev–Trinajstić information content (AvgIpc) is 2.33. The number of anilines is 1. The molecule has 80 valence electrons. The lowest BCUT2D eigenvalue weighted by molar-refractivity contribution is 0.0649. The maximum atomic E-state index is 13.3. The molecule has 0 aromatic carbocycles.